The van der Waals surface area contributed by atoms with E-state index in [1.807, 2.05) is 6.07 Å². The molecule has 6 heteroatoms. The first-order chi connectivity index (χ1) is 8.65. The number of ether oxygens (including phenoxy) is 2. The third-order valence-corrected chi connectivity index (χ3v) is 2.62. The molecule has 102 valence electrons. The highest BCUT2D eigenvalue weighted by atomic mass is 35.5. The van der Waals surface area contributed by atoms with Gasteiger partial charge in [0.15, 0.2) is 0 Å². The van der Waals surface area contributed by atoms with Gasteiger partial charge in [0.05, 0.1) is 13.7 Å². The lowest BCUT2D eigenvalue weighted by molar-refractivity contribution is 0.0187. The number of nitrogens with one attached hydrogen (secondary N) is 1. The van der Waals surface area contributed by atoms with Crippen LogP contribution in [0, 0.1) is 0 Å². The molecule has 0 radical (unpaired) electrons. The fraction of sp³-hybridized carbons (Fsp3) is 0.500. The summed E-state index contributed by atoms with van der Waals surface area (Å²) in [7, 11) is 1.57. The van der Waals surface area contributed by atoms with Gasteiger partial charge in [0, 0.05) is 23.7 Å². The smallest absolute Gasteiger partial charge is 0.261 e. The summed E-state index contributed by atoms with van der Waals surface area (Å²) in [4.78, 5) is 0. The molecule has 0 aliphatic rings. The average molecular weight is 280 g/mol. The largest absolute Gasteiger partial charge is 0.496 e. The standard InChI is InChI=1S/C12H16ClF2NO2/c1-17-11-4-2-3-10(13)9(11)7-16-5-6-18-8-12(14)15/h2-4,12,16H,5-8H2,1H3. The maximum atomic E-state index is 11.8. The molecule has 0 aromatic heterocycles. The zero-order chi connectivity index (χ0) is 13.4. The fourth-order valence-corrected chi connectivity index (χ4v) is 1.66. The molecule has 0 heterocycles. The minimum Gasteiger partial charge on any atom is -0.496 e. The summed E-state index contributed by atoms with van der Waals surface area (Å²) in [5.74, 6) is 0.698. The van der Waals surface area contributed by atoms with Crippen LogP contribution in [-0.4, -0.2) is 33.3 Å². The lowest BCUT2D eigenvalue weighted by Gasteiger charge is -2.11. The van der Waals surface area contributed by atoms with E-state index in [2.05, 4.69) is 5.32 Å². The second kappa shape index (κ2) is 8.24. The minimum absolute atomic E-state index is 0.233. The highest BCUT2D eigenvalue weighted by Crippen LogP contribution is 2.25. The summed E-state index contributed by atoms with van der Waals surface area (Å²) < 4.78 is 33.5. The van der Waals surface area contributed by atoms with Crippen molar-refractivity contribution >= 4 is 11.6 Å². The summed E-state index contributed by atoms with van der Waals surface area (Å²) in [6.07, 6.45) is -2.42. The first-order valence-electron chi connectivity index (χ1n) is 5.53. The van der Waals surface area contributed by atoms with Gasteiger partial charge in [-0.1, -0.05) is 17.7 Å². The van der Waals surface area contributed by atoms with E-state index in [1.54, 1.807) is 19.2 Å². The Balaban J connectivity index is 2.31. The van der Waals surface area contributed by atoms with Crippen LogP contribution in [0.1, 0.15) is 5.56 Å². The number of hydrogen-bond acceptors (Lipinski definition) is 3. The van der Waals surface area contributed by atoms with Gasteiger partial charge in [-0.05, 0) is 12.1 Å². The molecule has 1 rings (SSSR count). The molecule has 0 bridgehead atoms. The van der Waals surface area contributed by atoms with Crippen LogP contribution in [0.5, 0.6) is 5.75 Å². The van der Waals surface area contributed by atoms with Crippen molar-refractivity contribution in [2.24, 2.45) is 0 Å². The van der Waals surface area contributed by atoms with Gasteiger partial charge in [-0.15, -0.1) is 0 Å². The van der Waals surface area contributed by atoms with Crippen LogP contribution in [0.25, 0.3) is 0 Å². The summed E-state index contributed by atoms with van der Waals surface area (Å²) in [5, 5.41) is 3.66. The number of methoxy groups -OCH3 is 1. The lowest BCUT2D eigenvalue weighted by atomic mass is 10.2. The number of halogens is 3. The van der Waals surface area contributed by atoms with Gasteiger partial charge < -0.3 is 14.8 Å². The first kappa shape index (κ1) is 15.1. The molecule has 0 saturated heterocycles. The fourth-order valence-electron chi connectivity index (χ4n) is 1.43. The Morgan fingerprint density at radius 3 is 2.83 bits per heavy atom. The molecule has 3 nitrogen and oxygen atoms in total. The Morgan fingerprint density at radius 2 is 2.17 bits per heavy atom. The third kappa shape index (κ3) is 5.16. The number of hydrogen-bond donors (Lipinski definition) is 1. The van der Waals surface area contributed by atoms with Crippen LogP contribution in [0.15, 0.2) is 18.2 Å². The van der Waals surface area contributed by atoms with Crippen molar-refractivity contribution < 1.29 is 18.3 Å². The second-order valence-electron chi connectivity index (χ2n) is 3.56. The summed E-state index contributed by atoms with van der Waals surface area (Å²) in [6.45, 7) is 0.677. The van der Waals surface area contributed by atoms with E-state index in [0.29, 0.717) is 23.9 Å². The number of benzene rings is 1. The van der Waals surface area contributed by atoms with Crippen molar-refractivity contribution in [1.29, 1.82) is 0 Å². The predicted octanol–water partition coefficient (Wildman–Crippen LogP) is 2.72. The van der Waals surface area contributed by atoms with E-state index in [0.717, 1.165) is 5.56 Å². The molecule has 0 atom stereocenters. The van der Waals surface area contributed by atoms with E-state index in [4.69, 9.17) is 21.1 Å². The Hall–Kier alpha value is -0.910. The Bertz CT molecular complexity index is 364. The molecule has 1 aromatic carbocycles. The molecule has 0 fully saturated rings. The van der Waals surface area contributed by atoms with E-state index in [1.165, 1.54) is 0 Å². The van der Waals surface area contributed by atoms with Gasteiger partial charge in [0.1, 0.15) is 12.4 Å². The minimum atomic E-state index is -2.42. The SMILES string of the molecule is COc1cccc(Cl)c1CNCCOCC(F)F. The Morgan fingerprint density at radius 1 is 1.39 bits per heavy atom. The highest BCUT2D eigenvalue weighted by Gasteiger charge is 2.06. The summed E-state index contributed by atoms with van der Waals surface area (Å²) >= 11 is 6.04. The van der Waals surface area contributed by atoms with Gasteiger partial charge in [-0.25, -0.2) is 8.78 Å². The molecule has 0 amide bonds. The van der Waals surface area contributed by atoms with E-state index >= 15 is 0 Å². The molecule has 1 N–H and O–H groups in total. The van der Waals surface area contributed by atoms with Crippen LogP contribution in [0.3, 0.4) is 0 Å². The van der Waals surface area contributed by atoms with E-state index < -0.39 is 13.0 Å². The second-order valence-corrected chi connectivity index (χ2v) is 3.97. The van der Waals surface area contributed by atoms with Crippen molar-refractivity contribution in [3.63, 3.8) is 0 Å². The van der Waals surface area contributed by atoms with Crippen LogP contribution in [0.4, 0.5) is 8.78 Å². The predicted molar refractivity (Wildman–Crippen MR) is 66.5 cm³/mol. The van der Waals surface area contributed by atoms with Crippen LogP contribution in [0.2, 0.25) is 5.02 Å². The summed E-state index contributed by atoms with van der Waals surface area (Å²) in [5.41, 5.74) is 0.843. The van der Waals surface area contributed by atoms with Gasteiger partial charge in [-0.3, -0.25) is 0 Å². The highest BCUT2D eigenvalue weighted by molar-refractivity contribution is 6.31. The van der Waals surface area contributed by atoms with Gasteiger partial charge in [-0.2, -0.15) is 0 Å². The number of rotatable bonds is 8. The molecule has 0 aliphatic heterocycles. The Kier molecular flexibility index (Phi) is 6.93. The van der Waals surface area contributed by atoms with Crippen molar-refractivity contribution in [1.82, 2.24) is 5.32 Å². The molecule has 0 spiro atoms. The zero-order valence-electron chi connectivity index (χ0n) is 10.1. The molecule has 1 aromatic rings. The normalized spacial score (nSPS) is 10.9. The Labute approximate surface area is 110 Å². The van der Waals surface area contributed by atoms with Crippen LogP contribution < -0.4 is 10.1 Å². The molecule has 18 heavy (non-hydrogen) atoms. The zero-order valence-corrected chi connectivity index (χ0v) is 10.8. The first-order valence-corrected chi connectivity index (χ1v) is 5.91. The van der Waals surface area contributed by atoms with E-state index in [-0.39, 0.29) is 6.61 Å². The number of alkyl halides is 2. The maximum absolute atomic E-state index is 11.8. The molecular weight excluding hydrogens is 264 g/mol. The van der Waals surface area contributed by atoms with Crippen LogP contribution in [-0.2, 0) is 11.3 Å². The van der Waals surface area contributed by atoms with Crippen molar-refractivity contribution in [3.05, 3.63) is 28.8 Å². The van der Waals surface area contributed by atoms with E-state index in [9.17, 15) is 8.78 Å². The quantitative estimate of drug-likeness (QED) is 0.742. The van der Waals surface area contributed by atoms with Gasteiger partial charge in [0.2, 0.25) is 0 Å². The lowest BCUT2D eigenvalue weighted by Crippen LogP contribution is -2.21. The van der Waals surface area contributed by atoms with Crippen LogP contribution >= 0.6 is 11.6 Å². The third-order valence-electron chi connectivity index (χ3n) is 2.26. The van der Waals surface area contributed by atoms with Gasteiger partial charge in [0.25, 0.3) is 6.43 Å². The average Bonchev–Trinajstić information content (AvgIpc) is 2.34. The topological polar surface area (TPSA) is 30.5 Å². The maximum Gasteiger partial charge on any atom is 0.261 e. The molecule has 0 unspecified atom stereocenters. The van der Waals surface area contributed by atoms with Crippen molar-refractivity contribution in [3.8, 4) is 5.75 Å². The van der Waals surface area contributed by atoms with Crippen molar-refractivity contribution in [2.75, 3.05) is 26.9 Å². The summed E-state index contributed by atoms with van der Waals surface area (Å²) in [6, 6.07) is 5.39. The van der Waals surface area contributed by atoms with Gasteiger partial charge >= 0.3 is 0 Å². The van der Waals surface area contributed by atoms with Crippen molar-refractivity contribution in [2.45, 2.75) is 13.0 Å². The monoisotopic (exact) mass is 279 g/mol. The molecule has 0 saturated carbocycles. The molecular formula is C12H16ClF2NO2. The molecule has 0 aliphatic carbocycles.